The molecule has 1 aliphatic carbocycles. The fraction of sp³-hybridized carbons (Fsp3) is 0.600. The van der Waals surface area contributed by atoms with Crippen molar-refractivity contribution in [3.63, 3.8) is 0 Å². The van der Waals surface area contributed by atoms with Gasteiger partial charge in [0.25, 0.3) is 0 Å². The molecule has 2 rings (SSSR count). The summed E-state index contributed by atoms with van der Waals surface area (Å²) in [6.45, 7) is 1.72. The minimum Gasteiger partial charge on any atom is -0.395 e. The highest BCUT2D eigenvalue weighted by Gasteiger charge is 2.23. The van der Waals surface area contributed by atoms with E-state index in [9.17, 15) is 9.50 Å². The van der Waals surface area contributed by atoms with Crippen LogP contribution in [0.2, 0.25) is 0 Å². The number of benzene rings is 1. The summed E-state index contributed by atoms with van der Waals surface area (Å²) in [5, 5.41) is 9.19. The predicted octanol–water partition coefficient (Wildman–Crippen LogP) is 2.02. The Kier molecular flexibility index (Phi) is 5.31. The van der Waals surface area contributed by atoms with Crippen molar-refractivity contribution < 1.29 is 9.50 Å². The molecule has 0 unspecified atom stereocenters. The smallest absolute Gasteiger partial charge is 0.127 e. The Balaban J connectivity index is 2.11. The molecule has 1 fully saturated rings. The van der Waals surface area contributed by atoms with Gasteiger partial charge in [-0.1, -0.05) is 25.0 Å². The summed E-state index contributed by atoms with van der Waals surface area (Å²) in [4.78, 5) is 2.20. The minimum atomic E-state index is -0.182. The van der Waals surface area contributed by atoms with E-state index in [1.54, 1.807) is 6.07 Å². The van der Waals surface area contributed by atoms with Gasteiger partial charge in [0.2, 0.25) is 0 Å². The van der Waals surface area contributed by atoms with Crippen LogP contribution in [-0.2, 0) is 13.1 Å². The SMILES string of the molecule is NCc1ccc(F)c(CN(CCO)C2CCCC2)c1. The van der Waals surface area contributed by atoms with E-state index >= 15 is 0 Å². The highest BCUT2D eigenvalue weighted by molar-refractivity contribution is 5.25. The molecule has 19 heavy (non-hydrogen) atoms. The van der Waals surface area contributed by atoms with E-state index in [-0.39, 0.29) is 12.4 Å². The molecule has 1 aromatic carbocycles. The number of aliphatic hydroxyl groups is 1. The summed E-state index contributed by atoms with van der Waals surface area (Å²) < 4.78 is 13.9. The van der Waals surface area contributed by atoms with Gasteiger partial charge in [-0.05, 0) is 24.5 Å². The number of halogens is 1. The van der Waals surface area contributed by atoms with E-state index in [1.807, 2.05) is 6.07 Å². The molecular weight excluding hydrogens is 243 g/mol. The summed E-state index contributed by atoms with van der Waals surface area (Å²) in [5.74, 6) is -0.182. The van der Waals surface area contributed by atoms with Crippen LogP contribution in [0.1, 0.15) is 36.8 Å². The summed E-state index contributed by atoms with van der Waals surface area (Å²) in [5.41, 5.74) is 7.24. The number of nitrogens with zero attached hydrogens (tertiary/aromatic N) is 1. The fourth-order valence-corrected chi connectivity index (χ4v) is 2.88. The van der Waals surface area contributed by atoms with Crippen molar-refractivity contribution >= 4 is 0 Å². The maximum absolute atomic E-state index is 13.9. The molecule has 1 aliphatic rings. The van der Waals surface area contributed by atoms with Crippen molar-refractivity contribution in [3.05, 3.63) is 35.1 Å². The largest absolute Gasteiger partial charge is 0.395 e. The fourth-order valence-electron chi connectivity index (χ4n) is 2.88. The van der Waals surface area contributed by atoms with Gasteiger partial charge in [-0.3, -0.25) is 4.90 Å². The van der Waals surface area contributed by atoms with E-state index in [0.717, 1.165) is 18.4 Å². The second-order valence-corrected chi connectivity index (χ2v) is 5.26. The van der Waals surface area contributed by atoms with Crippen LogP contribution in [0.25, 0.3) is 0 Å². The van der Waals surface area contributed by atoms with Crippen LogP contribution in [0.5, 0.6) is 0 Å². The molecule has 1 saturated carbocycles. The normalized spacial score (nSPS) is 16.4. The van der Waals surface area contributed by atoms with E-state index in [4.69, 9.17) is 5.73 Å². The van der Waals surface area contributed by atoms with Crippen LogP contribution >= 0.6 is 0 Å². The Morgan fingerprint density at radius 1 is 1.32 bits per heavy atom. The van der Waals surface area contributed by atoms with Crippen LogP contribution in [0.4, 0.5) is 4.39 Å². The van der Waals surface area contributed by atoms with Crippen LogP contribution in [-0.4, -0.2) is 29.2 Å². The first-order valence-corrected chi connectivity index (χ1v) is 7.07. The quantitative estimate of drug-likeness (QED) is 0.828. The minimum absolute atomic E-state index is 0.120. The lowest BCUT2D eigenvalue weighted by Gasteiger charge is -2.28. The third-order valence-electron chi connectivity index (χ3n) is 3.95. The molecule has 4 heteroatoms. The molecule has 0 radical (unpaired) electrons. The first-order chi connectivity index (χ1) is 9.24. The molecule has 0 saturated heterocycles. The number of hydrogen-bond acceptors (Lipinski definition) is 3. The summed E-state index contributed by atoms with van der Waals surface area (Å²) in [7, 11) is 0. The summed E-state index contributed by atoms with van der Waals surface area (Å²) >= 11 is 0. The first-order valence-electron chi connectivity index (χ1n) is 7.07. The molecule has 3 N–H and O–H groups in total. The molecule has 1 aromatic rings. The molecule has 0 aliphatic heterocycles. The van der Waals surface area contributed by atoms with Gasteiger partial charge in [0.1, 0.15) is 5.82 Å². The third kappa shape index (κ3) is 3.75. The number of aliphatic hydroxyl groups excluding tert-OH is 1. The Hall–Kier alpha value is -0.970. The zero-order valence-corrected chi connectivity index (χ0v) is 11.3. The molecule has 0 atom stereocenters. The number of hydrogen-bond donors (Lipinski definition) is 2. The van der Waals surface area contributed by atoms with Crippen molar-refractivity contribution in [3.8, 4) is 0 Å². The van der Waals surface area contributed by atoms with Gasteiger partial charge >= 0.3 is 0 Å². The zero-order valence-electron chi connectivity index (χ0n) is 11.3. The Bertz CT molecular complexity index is 405. The van der Waals surface area contributed by atoms with Crippen LogP contribution < -0.4 is 5.73 Å². The van der Waals surface area contributed by atoms with Crippen LogP contribution in [0.3, 0.4) is 0 Å². The lowest BCUT2D eigenvalue weighted by atomic mass is 10.1. The lowest BCUT2D eigenvalue weighted by Crippen LogP contribution is -2.35. The van der Waals surface area contributed by atoms with Crippen molar-refractivity contribution in [2.24, 2.45) is 5.73 Å². The molecular formula is C15H23FN2O. The van der Waals surface area contributed by atoms with Crippen LogP contribution in [0.15, 0.2) is 18.2 Å². The Labute approximate surface area is 114 Å². The second-order valence-electron chi connectivity index (χ2n) is 5.26. The van der Waals surface area contributed by atoms with E-state index in [0.29, 0.717) is 31.2 Å². The van der Waals surface area contributed by atoms with Crippen LogP contribution in [0, 0.1) is 5.82 Å². The van der Waals surface area contributed by atoms with Gasteiger partial charge in [-0.15, -0.1) is 0 Å². The monoisotopic (exact) mass is 266 g/mol. The molecule has 3 nitrogen and oxygen atoms in total. The van der Waals surface area contributed by atoms with Gasteiger partial charge in [-0.25, -0.2) is 4.39 Å². The lowest BCUT2D eigenvalue weighted by molar-refractivity contribution is 0.143. The van der Waals surface area contributed by atoms with Gasteiger partial charge in [-0.2, -0.15) is 0 Å². The highest BCUT2D eigenvalue weighted by Crippen LogP contribution is 2.25. The molecule has 0 heterocycles. The van der Waals surface area contributed by atoms with E-state index in [2.05, 4.69) is 4.90 Å². The molecule has 106 valence electrons. The van der Waals surface area contributed by atoms with E-state index < -0.39 is 0 Å². The molecule has 0 spiro atoms. The average molecular weight is 266 g/mol. The summed E-state index contributed by atoms with van der Waals surface area (Å²) in [6, 6.07) is 5.54. The summed E-state index contributed by atoms with van der Waals surface area (Å²) in [6.07, 6.45) is 4.77. The van der Waals surface area contributed by atoms with Gasteiger partial charge in [0.05, 0.1) is 6.61 Å². The molecule has 0 bridgehead atoms. The maximum Gasteiger partial charge on any atom is 0.127 e. The first kappa shape index (κ1) is 14.4. The third-order valence-corrected chi connectivity index (χ3v) is 3.95. The van der Waals surface area contributed by atoms with E-state index in [1.165, 1.54) is 18.9 Å². The van der Waals surface area contributed by atoms with Crippen molar-refractivity contribution in [1.82, 2.24) is 4.90 Å². The van der Waals surface area contributed by atoms with Crippen molar-refractivity contribution in [2.75, 3.05) is 13.2 Å². The molecule has 0 aromatic heterocycles. The van der Waals surface area contributed by atoms with Gasteiger partial charge in [0, 0.05) is 31.2 Å². The maximum atomic E-state index is 13.9. The van der Waals surface area contributed by atoms with Crippen molar-refractivity contribution in [2.45, 2.75) is 44.8 Å². The number of rotatable bonds is 6. The molecule has 0 amide bonds. The topological polar surface area (TPSA) is 49.5 Å². The average Bonchev–Trinajstić information content (AvgIpc) is 2.94. The standard InChI is InChI=1S/C15H23FN2O/c16-15-6-5-12(10-17)9-13(15)11-18(7-8-19)14-3-1-2-4-14/h5-6,9,14,19H,1-4,7-8,10-11,17H2. The Morgan fingerprint density at radius 2 is 2.05 bits per heavy atom. The predicted molar refractivity (Wildman–Crippen MR) is 74.0 cm³/mol. The van der Waals surface area contributed by atoms with Crippen molar-refractivity contribution in [1.29, 1.82) is 0 Å². The highest BCUT2D eigenvalue weighted by atomic mass is 19.1. The Morgan fingerprint density at radius 3 is 2.68 bits per heavy atom. The zero-order chi connectivity index (χ0) is 13.7. The van der Waals surface area contributed by atoms with Gasteiger partial charge < -0.3 is 10.8 Å². The number of nitrogens with two attached hydrogens (primary N) is 1. The second kappa shape index (κ2) is 6.98. The van der Waals surface area contributed by atoms with Gasteiger partial charge in [0.15, 0.2) is 0 Å².